The number of anilines is 2. The van der Waals surface area contributed by atoms with E-state index >= 15 is 0 Å². The van der Waals surface area contributed by atoms with Gasteiger partial charge in [-0.05, 0) is 17.7 Å². The molecule has 4 heterocycles. The zero-order valence-electron chi connectivity index (χ0n) is 17.9. The molecule has 3 aromatic rings. The molecule has 1 aromatic carbocycles. The average molecular weight is 445 g/mol. The maximum Gasteiger partial charge on any atom is 0.279 e. The number of aromatic amines is 1. The predicted molar refractivity (Wildman–Crippen MR) is 116 cm³/mol. The van der Waals surface area contributed by atoms with Gasteiger partial charge in [-0.25, -0.2) is 13.5 Å². The molecule has 2 aliphatic rings. The number of benzene rings is 1. The van der Waals surface area contributed by atoms with Gasteiger partial charge in [-0.3, -0.25) is 9.69 Å². The third-order valence-electron chi connectivity index (χ3n) is 6.12. The fourth-order valence-electron chi connectivity index (χ4n) is 4.40. The Morgan fingerprint density at radius 1 is 1.00 bits per heavy atom. The van der Waals surface area contributed by atoms with E-state index in [1.165, 1.54) is 12.1 Å². The lowest BCUT2D eigenvalue weighted by molar-refractivity contribution is 0.0341. The summed E-state index contributed by atoms with van der Waals surface area (Å²) in [4.78, 5) is 21.0. The van der Waals surface area contributed by atoms with Gasteiger partial charge in [0.1, 0.15) is 23.1 Å². The van der Waals surface area contributed by atoms with Gasteiger partial charge >= 0.3 is 0 Å². The van der Waals surface area contributed by atoms with Gasteiger partial charge in [0.25, 0.3) is 5.56 Å². The molecule has 0 aliphatic carbocycles. The maximum absolute atomic E-state index is 14.9. The second-order valence-electron chi connectivity index (χ2n) is 8.20. The summed E-state index contributed by atoms with van der Waals surface area (Å²) in [7, 11) is 1.73. The average Bonchev–Trinajstić information content (AvgIpc) is 3.16. The molecule has 2 aliphatic heterocycles. The fourth-order valence-corrected chi connectivity index (χ4v) is 4.40. The summed E-state index contributed by atoms with van der Waals surface area (Å²) in [6.45, 7) is 5.20. The molecule has 0 unspecified atom stereocenters. The Morgan fingerprint density at radius 3 is 2.34 bits per heavy atom. The minimum atomic E-state index is -0.544. The van der Waals surface area contributed by atoms with E-state index in [0.29, 0.717) is 62.8 Å². The minimum Gasteiger partial charge on any atom is -0.379 e. The van der Waals surface area contributed by atoms with Crippen LogP contribution in [-0.2, 0) is 18.3 Å². The summed E-state index contributed by atoms with van der Waals surface area (Å²) in [6.07, 6.45) is 0. The van der Waals surface area contributed by atoms with Crippen LogP contribution in [0.5, 0.6) is 0 Å². The van der Waals surface area contributed by atoms with Gasteiger partial charge in [-0.1, -0.05) is 5.21 Å². The van der Waals surface area contributed by atoms with E-state index < -0.39 is 11.6 Å². The molecule has 2 fully saturated rings. The van der Waals surface area contributed by atoms with Crippen molar-refractivity contribution in [3.8, 4) is 0 Å². The molecule has 11 heteroatoms. The monoisotopic (exact) mass is 445 g/mol. The van der Waals surface area contributed by atoms with Gasteiger partial charge in [0.2, 0.25) is 0 Å². The number of piperazine rings is 1. The lowest BCUT2D eigenvalue weighted by Crippen LogP contribution is -2.47. The molecule has 0 radical (unpaired) electrons. The van der Waals surface area contributed by atoms with Crippen molar-refractivity contribution in [2.24, 2.45) is 7.05 Å². The molecular weight excluding hydrogens is 420 g/mol. The van der Waals surface area contributed by atoms with Crippen molar-refractivity contribution in [3.05, 3.63) is 45.8 Å². The highest BCUT2D eigenvalue weighted by molar-refractivity contribution is 5.76. The van der Waals surface area contributed by atoms with Crippen molar-refractivity contribution in [2.75, 3.05) is 62.3 Å². The van der Waals surface area contributed by atoms with E-state index in [1.807, 2.05) is 11.0 Å². The predicted octanol–water partition coefficient (Wildman–Crippen LogP) is 1.09. The number of hydrogen-bond donors (Lipinski definition) is 1. The first-order valence-corrected chi connectivity index (χ1v) is 10.7. The number of ether oxygens (including phenoxy) is 1. The second kappa shape index (κ2) is 8.47. The van der Waals surface area contributed by atoms with Crippen LogP contribution in [0.2, 0.25) is 0 Å². The van der Waals surface area contributed by atoms with Crippen molar-refractivity contribution in [3.63, 3.8) is 0 Å². The highest BCUT2D eigenvalue weighted by atomic mass is 19.1. The lowest BCUT2D eigenvalue weighted by atomic mass is 10.1. The van der Waals surface area contributed by atoms with Gasteiger partial charge in [-0.15, -0.1) is 5.10 Å². The number of hydrogen-bond acceptors (Lipinski definition) is 7. The summed E-state index contributed by atoms with van der Waals surface area (Å²) >= 11 is 0. The zero-order valence-corrected chi connectivity index (χ0v) is 17.9. The van der Waals surface area contributed by atoms with E-state index in [2.05, 4.69) is 20.2 Å². The molecule has 0 saturated carbocycles. The maximum atomic E-state index is 14.9. The molecule has 9 nitrogen and oxygen atoms in total. The summed E-state index contributed by atoms with van der Waals surface area (Å²) in [5.41, 5.74) is 1.26. The molecule has 1 N–H and O–H groups in total. The zero-order chi connectivity index (χ0) is 22.2. The highest BCUT2D eigenvalue weighted by Gasteiger charge is 2.25. The van der Waals surface area contributed by atoms with Crippen LogP contribution in [0.1, 0.15) is 5.56 Å². The third-order valence-corrected chi connectivity index (χ3v) is 6.12. The van der Waals surface area contributed by atoms with E-state index in [0.717, 1.165) is 13.1 Å². The molecule has 0 bridgehead atoms. The van der Waals surface area contributed by atoms with Gasteiger partial charge in [0.05, 0.1) is 18.7 Å². The number of aromatic nitrogens is 4. The Bertz CT molecular complexity index is 1160. The summed E-state index contributed by atoms with van der Waals surface area (Å²) in [6, 6.07) is 4.69. The number of nitrogens with zero attached hydrogens (tertiary/aromatic N) is 6. The van der Waals surface area contributed by atoms with E-state index in [1.54, 1.807) is 16.6 Å². The molecule has 2 saturated heterocycles. The van der Waals surface area contributed by atoms with Crippen LogP contribution in [0, 0.1) is 11.6 Å². The first kappa shape index (κ1) is 20.8. The molecule has 0 atom stereocenters. The standard InChI is InChI=1S/C21H25F2N7O2/c1-27-17-12-18(24-21(31)19(17)25-26-27)29-2-4-30(5-3-29)20-15(22)10-14(11-16(20)23)13-28-6-8-32-9-7-28/h10-12H,2-9,13H2,1H3,(H,24,31). The number of halogens is 2. The van der Waals surface area contributed by atoms with Gasteiger partial charge in [0, 0.05) is 58.9 Å². The minimum absolute atomic E-state index is 0.00941. The van der Waals surface area contributed by atoms with E-state index in [-0.39, 0.29) is 16.8 Å². The first-order valence-electron chi connectivity index (χ1n) is 10.7. The number of pyridine rings is 1. The quantitative estimate of drug-likeness (QED) is 0.644. The van der Waals surface area contributed by atoms with Crippen LogP contribution < -0.4 is 15.4 Å². The Hall–Kier alpha value is -3.05. The summed E-state index contributed by atoms with van der Waals surface area (Å²) in [5, 5.41) is 7.75. The molecule has 0 amide bonds. The lowest BCUT2D eigenvalue weighted by Gasteiger charge is -2.37. The Morgan fingerprint density at radius 2 is 1.66 bits per heavy atom. The van der Waals surface area contributed by atoms with Crippen molar-refractivity contribution in [1.82, 2.24) is 24.9 Å². The Balaban J connectivity index is 1.30. The molecular formula is C21H25F2N7O2. The third kappa shape index (κ3) is 3.93. The van der Waals surface area contributed by atoms with Crippen molar-refractivity contribution in [1.29, 1.82) is 0 Å². The van der Waals surface area contributed by atoms with Gasteiger partial charge in [0.15, 0.2) is 5.52 Å². The van der Waals surface area contributed by atoms with Crippen LogP contribution in [0.3, 0.4) is 0 Å². The first-order chi connectivity index (χ1) is 15.5. The van der Waals surface area contributed by atoms with Crippen molar-refractivity contribution < 1.29 is 13.5 Å². The van der Waals surface area contributed by atoms with E-state index in [4.69, 9.17) is 4.74 Å². The van der Waals surface area contributed by atoms with Crippen LogP contribution in [-0.4, -0.2) is 77.4 Å². The van der Waals surface area contributed by atoms with Crippen LogP contribution in [0.4, 0.5) is 20.3 Å². The largest absolute Gasteiger partial charge is 0.379 e. The van der Waals surface area contributed by atoms with Crippen molar-refractivity contribution >= 4 is 22.5 Å². The Labute approximate surface area is 183 Å². The molecule has 2 aromatic heterocycles. The van der Waals surface area contributed by atoms with Gasteiger partial charge in [-0.2, -0.15) is 0 Å². The number of morpholine rings is 1. The number of aryl methyl sites for hydroxylation is 1. The van der Waals surface area contributed by atoms with Crippen LogP contribution in [0.15, 0.2) is 23.0 Å². The fraction of sp³-hybridized carbons (Fsp3) is 0.476. The van der Waals surface area contributed by atoms with E-state index in [9.17, 15) is 13.6 Å². The molecule has 170 valence electrons. The number of H-pyrrole nitrogens is 1. The topological polar surface area (TPSA) is 82.5 Å². The number of rotatable bonds is 4. The summed E-state index contributed by atoms with van der Waals surface area (Å²) in [5.74, 6) is -0.440. The molecule has 5 rings (SSSR count). The smallest absolute Gasteiger partial charge is 0.279 e. The summed E-state index contributed by atoms with van der Waals surface area (Å²) < 4.78 is 36.7. The molecule has 0 spiro atoms. The number of fused-ring (bicyclic) bond motifs is 1. The van der Waals surface area contributed by atoms with Crippen molar-refractivity contribution in [2.45, 2.75) is 6.54 Å². The van der Waals surface area contributed by atoms with Gasteiger partial charge < -0.3 is 19.5 Å². The SMILES string of the molecule is Cn1nnc2c(=O)[nH]c(N3CCN(c4c(F)cc(CN5CCOCC5)cc4F)CC3)cc21. The van der Waals surface area contributed by atoms with Crippen LogP contribution >= 0.6 is 0 Å². The highest BCUT2D eigenvalue weighted by Crippen LogP contribution is 2.28. The second-order valence-corrected chi connectivity index (χ2v) is 8.20. The van der Waals surface area contributed by atoms with Crippen LogP contribution in [0.25, 0.3) is 11.0 Å². The number of nitrogens with one attached hydrogen (secondary N) is 1. The normalized spacial score (nSPS) is 18.0. The Kier molecular flexibility index (Phi) is 5.51. The molecule has 32 heavy (non-hydrogen) atoms.